The van der Waals surface area contributed by atoms with Crippen LogP contribution in [0.2, 0.25) is 0 Å². The molecule has 0 unspecified atom stereocenters. The number of aromatic amines is 1. The Balaban J connectivity index is 1.85. The van der Waals surface area contributed by atoms with Crippen molar-refractivity contribution >= 4 is 28.2 Å². The van der Waals surface area contributed by atoms with Gasteiger partial charge in [-0.1, -0.05) is 0 Å². The number of carbonyl (C=O) groups excluding carboxylic acids is 1. The molecule has 1 heterocycles. The van der Waals surface area contributed by atoms with Crippen molar-refractivity contribution in [2.24, 2.45) is 0 Å². The number of phenols is 1. The highest BCUT2D eigenvalue weighted by atomic mass is 16.3. The van der Waals surface area contributed by atoms with Crippen molar-refractivity contribution in [3.05, 3.63) is 48.2 Å². The Kier molecular flexibility index (Phi) is 2.76. The third-order valence-corrected chi connectivity index (χ3v) is 2.99. The summed E-state index contributed by atoms with van der Waals surface area (Å²) in [6, 6.07) is 9.78. The number of aromatic nitrogens is 2. The van der Waals surface area contributed by atoms with E-state index in [0.717, 1.165) is 10.9 Å². The number of nitrogen functional groups attached to an aromatic ring is 1. The van der Waals surface area contributed by atoms with Gasteiger partial charge in [0.2, 0.25) is 0 Å². The number of nitrogens with zero attached hydrogens (tertiary/aromatic N) is 1. The lowest BCUT2D eigenvalue weighted by atomic mass is 10.1. The molecule has 3 aromatic rings. The van der Waals surface area contributed by atoms with Crippen molar-refractivity contribution < 1.29 is 9.90 Å². The fourth-order valence-corrected chi connectivity index (χ4v) is 1.91. The molecule has 0 saturated heterocycles. The number of nitrogens with one attached hydrogen (secondary N) is 2. The van der Waals surface area contributed by atoms with E-state index in [1.165, 1.54) is 18.2 Å². The Labute approximate surface area is 114 Å². The van der Waals surface area contributed by atoms with Crippen LogP contribution in [0.3, 0.4) is 0 Å². The molecule has 0 fully saturated rings. The van der Waals surface area contributed by atoms with Crippen LogP contribution in [-0.2, 0) is 0 Å². The van der Waals surface area contributed by atoms with Crippen LogP contribution < -0.4 is 11.1 Å². The number of carbonyl (C=O) groups is 1. The van der Waals surface area contributed by atoms with Gasteiger partial charge in [0.15, 0.2) is 0 Å². The van der Waals surface area contributed by atoms with Crippen LogP contribution in [0.1, 0.15) is 10.4 Å². The first-order chi connectivity index (χ1) is 9.63. The molecule has 5 N–H and O–H groups in total. The Hall–Kier alpha value is -3.02. The fraction of sp³-hybridized carbons (Fsp3) is 0. The highest BCUT2D eigenvalue weighted by Crippen LogP contribution is 2.22. The molecular formula is C14H12N4O2. The second-order valence-corrected chi connectivity index (χ2v) is 4.40. The standard InChI is InChI=1S/C14H12N4O2/c15-11-5-8(2-4-13(11)19)14(20)17-10-3-1-9-7-16-18-12(9)6-10/h1-7,19H,15H2,(H,16,18)(H,17,20). The molecule has 0 saturated carbocycles. The second kappa shape index (κ2) is 4.58. The van der Waals surface area contributed by atoms with E-state index in [0.29, 0.717) is 11.3 Å². The van der Waals surface area contributed by atoms with Crippen LogP contribution in [0.25, 0.3) is 10.9 Å². The number of nitrogens with two attached hydrogens (primary N) is 1. The van der Waals surface area contributed by atoms with Crippen LogP contribution in [0.15, 0.2) is 42.6 Å². The first-order valence-corrected chi connectivity index (χ1v) is 5.96. The Morgan fingerprint density at radius 2 is 2.10 bits per heavy atom. The summed E-state index contributed by atoms with van der Waals surface area (Å²) in [6.45, 7) is 0. The van der Waals surface area contributed by atoms with Gasteiger partial charge in [-0.2, -0.15) is 5.10 Å². The minimum Gasteiger partial charge on any atom is -0.506 e. The van der Waals surface area contributed by atoms with Crippen molar-refractivity contribution in [3.63, 3.8) is 0 Å². The molecule has 2 aromatic carbocycles. The molecule has 0 aliphatic heterocycles. The smallest absolute Gasteiger partial charge is 0.255 e. The number of fused-ring (bicyclic) bond motifs is 1. The molecule has 0 bridgehead atoms. The van der Waals surface area contributed by atoms with Gasteiger partial charge in [0.1, 0.15) is 5.75 Å². The van der Waals surface area contributed by atoms with Gasteiger partial charge in [-0.05, 0) is 36.4 Å². The van der Waals surface area contributed by atoms with Crippen LogP contribution in [0.5, 0.6) is 5.75 Å². The lowest BCUT2D eigenvalue weighted by Crippen LogP contribution is -2.12. The van der Waals surface area contributed by atoms with E-state index in [1.54, 1.807) is 18.3 Å². The van der Waals surface area contributed by atoms with Gasteiger partial charge in [0.25, 0.3) is 5.91 Å². The van der Waals surface area contributed by atoms with E-state index < -0.39 is 0 Å². The summed E-state index contributed by atoms with van der Waals surface area (Å²) in [6.07, 6.45) is 1.71. The lowest BCUT2D eigenvalue weighted by molar-refractivity contribution is 0.102. The molecule has 0 radical (unpaired) electrons. The molecule has 3 rings (SSSR count). The highest BCUT2D eigenvalue weighted by Gasteiger charge is 2.09. The van der Waals surface area contributed by atoms with E-state index in [2.05, 4.69) is 15.5 Å². The van der Waals surface area contributed by atoms with Gasteiger partial charge in [-0.3, -0.25) is 9.89 Å². The maximum Gasteiger partial charge on any atom is 0.255 e. The maximum absolute atomic E-state index is 12.1. The van der Waals surface area contributed by atoms with Crippen molar-refractivity contribution in [2.45, 2.75) is 0 Å². The predicted molar refractivity (Wildman–Crippen MR) is 76.6 cm³/mol. The zero-order valence-corrected chi connectivity index (χ0v) is 10.4. The number of hydrogen-bond acceptors (Lipinski definition) is 4. The van der Waals surface area contributed by atoms with Gasteiger partial charge in [0.05, 0.1) is 17.4 Å². The van der Waals surface area contributed by atoms with Crippen LogP contribution in [0, 0.1) is 0 Å². The summed E-state index contributed by atoms with van der Waals surface area (Å²) in [5, 5.41) is 19.8. The molecule has 0 spiro atoms. The Morgan fingerprint density at radius 3 is 2.90 bits per heavy atom. The molecule has 0 aliphatic rings. The van der Waals surface area contributed by atoms with Crippen molar-refractivity contribution in [1.29, 1.82) is 0 Å². The van der Waals surface area contributed by atoms with Gasteiger partial charge in [0, 0.05) is 16.6 Å². The summed E-state index contributed by atoms with van der Waals surface area (Å²) in [7, 11) is 0. The first kappa shape index (κ1) is 12.0. The highest BCUT2D eigenvalue weighted by molar-refractivity contribution is 6.05. The largest absolute Gasteiger partial charge is 0.506 e. The van der Waals surface area contributed by atoms with Crippen LogP contribution in [0.4, 0.5) is 11.4 Å². The summed E-state index contributed by atoms with van der Waals surface area (Å²) < 4.78 is 0. The van der Waals surface area contributed by atoms with Crippen molar-refractivity contribution in [2.75, 3.05) is 11.1 Å². The SMILES string of the molecule is Nc1cc(C(=O)Nc2ccc3cn[nH]c3c2)ccc1O. The van der Waals surface area contributed by atoms with Gasteiger partial charge in [-0.15, -0.1) is 0 Å². The number of aromatic hydroxyl groups is 1. The molecule has 0 atom stereocenters. The van der Waals surface area contributed by atoms with Gasteiger partial charge in [-0.25, -0.2) is 0 Å². The molecule has 0 aliphatic carbocycles. The van der Waals surface area contributed by atoms with Crippen LogP contribution >= 0.6 is 0 Å². The molecular weight excluding hydrogens is 256 g/mol. The normalized spacial score (nSPS) is 10.6. The number of H-pyrrole nitrogens is 1. The summed E-state index contributed by atoms with van der Waals surface area (Å²) in [4.78, 5) is 12.1. The summed E-state index contributed by atoms with van der Waals surface area (Å²) >= 11 is 0. The number of phenolic OH excluding ortho intramolecular Hbond substituents is 1. The molecule has 1 amide bonds. The third kappa shape index (κ3) is 2.14. The quantitative estimate of drug-likeness (QED) is 0.422. The van der Waals surface area contributed by atoms with Gasteiger partial charge >= 0.3 is 0 Å². The Bertz CT molecular complexity index is 795. The van der Waals surface area contributed by atoms with E-state index in [-0.39, 0.29) is 17.3 Å². The van der Waals surface area contributed by atoms with Gasteiger partial charge < -0.3 is 16.2 Å². The molecule has 6 heteroatoms. The lowest BCUT2D eigenvalue weighted by Gasteiger charge is -2.06. The predicted octanol–water partition coefficient (Wildman–Crippen LogP) is 2.10. The first-order valence-electron chi connectivity index (χ1n) is 5.96. The molecule has 6 nitrogen and oxygen atoms in total. The minimum atomic E-state index is -0.296. The average Bonchev–Trinajstić information content (AvgIpc) is 2.89. The summed E-state index contributed by atoms with van der Waals surface area (Å²) in [5.41, 5.74) is 7.61. The average molecular weight is 268 g/mol. The monoisotopic (exact) mass is 268 g/mol. The van der Waals surface area contributed by atoms with Crippen molar-refractivity contribution in [1.82, 2.24) is 10.2 Å². The Morgan fingerprint density at radius 1 is 1.25 bits per heavy atom. The van der Waals surface area contributed by atoms with E-state index in [1.807, 2.05) is 6.07 Å². The van der Waals surface area contributed by atoms with E-state index in [9.17, 15) is 9.90 Å². The zero-order chi connectivity index (χ0) is 14.1. The number of hydrogen-bond donors (Lipinski definition) is 4. The number of benzene rings is 2. The third-order valence-electron chi connectivity index (χ3n) is 2.99. The van der Waals surface area contributed by atoms with E-state index in [4.69, 9.17) is 5.73 Å². The maximum atomic E-state index is 12.1. The topological polar surface area (TPSA) is 104 Å². The minimum absolute atomic E-state index is 0.0413. The summed E-state index contributed by atoms with van der Waals surface area (Å²) in [5.74, 6) is -0.337. The number of amides is 1. The number of anilines is 2. The molecule has 100 valence electrons. The zero-order valence-electron chi connectivity index (χ0n) is 10.4. The molecule has 20 heavy (non-hydrogen) atoms. The second-order valence-electron chi connectivity index (χ2n) is 4.40. The van der Waals surface area contributed by atoms with Crippen molar-refractivity contribution in [3.8, 4) is 5.75 Å². The van der Waals surface area contributed by atoms with Crippen LogP contribution in [-0.4, -0.2) is 21.2 Å². The van der Waals surface area contributed by atoms with E-state index >= 15 is 0 Å². The number of rotatable bonds is 2. The molecule has 1 aromatic heterocycles. The fourth-order valence-electron chi connectivity index (χ4n) is 1.91.